The van der Waals surface area contributed by atoms with Crippen molar-refractivity contribution in [3.63, 3.8) is 0 Å². The van der Waals surface area contributed by atoms with Gasteiger partial charge in [0, 0.05) is 11.1 Å². The Morgan fingerprint density at radius 1 is 1.42 bits per heavy atom. The summed E-state index contributed by atoms with van der Waals surface area (Å²) in [5.41, 5.74) is 3.11. The van der Waals surface area contributed by atoms with E-state index in [1.165, 1.54) is 0 Å². The molecule has 0 radical (unpaired) electrons. The van der Waals surface area contributed by atoms with Crippen molar-refractivity contribution in [1.82, 2.24) is 14.5 Å². The van der Waals surface area contributed by atoms with Gasteiger partial charge in [0.15, 0.2) is 4.77 Å². The van der Waals surface area contributed by atoms with Crippen molar-refractivity contribution in [2.75, 3.05) is 0 Å². The highest BCUT2D eigenvalue weighted by molar-refractivity contribution is 7.71. The zero-order valence-corrected chi connectivity index (χ0v) is 11.3. The number of nitrogens with one attached hydrogen (secondary N) is 2. The molecule has 0 saturated carbocycles. The lowest BCUT2D eigenvalue weighted by Crippen LogP contribution is -2.03. The topological polar surface area (TPSA) is 77.4 Å². The minimum atomic E-state index is -0.0842. The van der Waals surface area contributed by atoms with Gasteiger partial charge in [-0.25, -0.2) is 0 Å². The van der Waals surface area contributed by atoms with E-state index in [9.17, 15) is 4.79 Å². The van der Waals surface area contributed by atoms with E-state index >= 15 is 0 Å². The molecule has 0 aliphatic rings. The van der Waals surface area contributed by atoms with Gasteiger partial charge < -0.3 is 14.5 Å². The highest BCUT2D eigenvalue weighted by atomic mass is 32.1. The fourth-order valence-corrected chi connectivity index (χ4v) is 2.79. The Labute approximate surface area is 116 Å². The Hall–Kier alpha value is -2.17. The maximum Gasteiger partial charge on any atom is 0.304 e. The number of imidazole rings is 1. The monoisotopic (exact) mass is 288 g/mol. The Kier molecular flexibility index (Phi) is 2.81. The average molecular weight is 288 g/mol. The molecule has 0 unspecified atom stereocenters. The van der Waals surface area contributed by atoms with Crippen LogP contribution in [-0.2, 0) is 6.54 Å². The second kappa shape index (κ2) is 4.50. The molecule has 0 amide bonds. The first-order valence-electron chi connectivity index (χ1n) is 5.47. The fourth-order valence-electron chi connectivity index (χ4n) is 1.94. The van der Waals surface area contributed by atoms with Crippen molar-refractivity contribution < 1.29 is 0 Å². The summed E-state index contributed by atoms with van der Waals surface area (Å²) in [5.74, 6) is 0. The molecular formula is C12H8N4OS2. The maximum absolute atomic E-state index is 11.1. The summed E-state index contributed by atoms with van der Waals surface area (Å²) in [4.78, 5) is 16.9. The predicted octanol–water partition coefficient (Wildman–Crippen LogP) is 2.37. The van der Waals surface area contributed by atoms with Crippen LogP contribution < -0.4 is 4.87 Å². The van der Waals surface area contributed by atoms with Gasteiger partial charge in [-0.1, -0.05) is 11.3 Å². The number of aromatic nitrogens is 3. The molecule has 0 atom stereocenters. The van der Waals surface area contributed by atoms with E-state index in [4.69, 9.17) is 17.5 Å². The van der Waals surface area contributed by atoms with E-state index in [1.807, 2.05) is 10.6 Å². The lowest BCUT2D eigenvalue weighted by atomic mass is 10.2. The first-order chi connectivity index (χ1) is 9.17. The van der Waals surface area contributed by atoms with Crippen LogP contribution in [-0.4, -0.2) is 14.5 Å². The van der Waals surface area contributed by atoms with Gasteiger partial charge in [-0.3, -0.25) is 4.79 Å². The van der Waals surface area contributed by atoms with Crippen molar-refractivity contribution in [1.29, 1.82) is 5.26 Å². The van der Waals surface area contributed by atoms with E-state index < -0.39 is 0 Å². The minimum absolute atomic E-state index is 0.0842. The molecule has 5 nitrogen and oxygen atoms in total. The second-order valence-electron chi connectivity index (χ2n) is 4.03. The van der Waals surface area contributed by atoms with Gasteiger partial charge in [0.2, 0.25) is 0 Å². The van der Waals surface area contributed by atoms with Crippen molar-refractivity contribution in [3.05, 3.63) is 49.3 Å². The average Bonchev–Trinajstić information content (AvgIpc) is 2.94. The fraction of sp³-hybridized carbons (Fsp3) is 0.0833. The van der Waals surface area contributed by atoms with Crippen LogP contribution in [0.1, 0.15) is 11.3 Å². The first-order valence-corrected chi connectivity index (χ1v) is 6.75. The summed E-state index contributed by atoms with van der Waals surface area (Å²) < 4.78 is 2.43. The lowest BCUT2D eigenvalue weighted by molar-refractivity contribution is 0.789. The molecule has 7 heteroatoms. The molecule has 3 aromatic rings. The number of rotatable bonds is 2. The summed E-state index contributed by atoms with van der Waals surface area (Å²) in [7, 11) is 0. The molecule has 0 fully saturated rings. The second-order valence-corrected chi connectivity index (χ2v) is 5.26. The summed E-state index contributed by atoms with van der Waals surface area (Å²) in [6.45, 7) is 0.479. The molecule has 0 aliphatic heterocycles. The number of H-pyrrole nitrogens is 2. The van der Waals surface area contributed by atoms with E-state index in [0.717, 1.165) is 28.1 Å². The molecule has 0 aliphatic carbocycles. The quantitative estimate of drug-likeness (QED) is 0.711. The van der Waals surface area contributed by atoms with Crippen LogP contribution in [0.25, 0.3) is 11.0 Å². The molecule has 0 saturated heterocycles. The Morgan fingerprint density at radius 3 is 2.95 bits per heavy atom. The van der Waals surface area contributed by atoms with E-state index in [2.05, 4.69) is 16.0 Å². The van der Waals surface area contributed by atoms with Crippen LogP contribution in [0.15, 0.2) is 28.4 Å². The van der Waals surface area contributed by atoms with Gasteiger partial charge in [0.25, 0.3) is 0 Å². The highest BCUT2D eigenvalue weighted by Gasteiger charge is 2.07. The Bertz CT molecular complexity index is 906. The number of nitrogens with zero attached hydrogens (tertiary/aromatic N) is 2. The summed E-state index contributed by atoms with van der Waals surface area (Å²) in [5, 5.41) is 10.7. The molecule has 0 bridgehead atoms. The number of fused-ring (bicyclic) bond motifs is 1. The van der Waals surface area contributed by atoms with Crippen LogP contribution in [0.2, 0.25) is 0 Å². The molecule has 2 aromatic heterocycles. The highest BCUT2D eigenvalue weighted by Crippen LogP contribution is 2.17. The van der Waals surface area contributed by atoms with Crippen molar-refractivity contribution >= 4 is 34.6 Å². The Balaban J connectivity index is 2.17. The molecule has 0 spiro atoms. The van der Waals surface area contributed by atoms with Crippen LogP contribution in [0.4, 0.5) is 0 Å². The zero-order valence-electron chi connectivity index (χ0n) is 9.64. The van der Waals surface area contributed by atoms with Crippen LogP contribution in [0.5, 0.6) is 0 Å². The lowest BCUT2D eigenvalue weighted by Gasteiger charge is -2.02. The Morgan fingerprint density at radius 2 is 2.26 bits per heavy atom. The van der Waals surface area contributed by atoms with Crippen molar-refractivity contribution in [2.24, 2.45) is 0 Å². The first kappa shape index (κ1) is 11.9. The van der Waals surface area contributed by atoms with Gasteiger partial charge in [-0.15, -0.1) is 0 Å². The van der Waals surface area contributed by atoms with Gasteiger partial charge in [-0.2, -0.15) is 5.26 Å². The third-order valence-electron chi connectivity index (χ3n) is 2.80. The van der Waals surface area contributed by atoms with Crippen LogP contribution >= 0.6 is 23.6 Å². The summed E-state index contributed by atoms with van der Waals surface area (Å²) >= 11 is 6.40. The smallest absolute Gasteiger partial charge is 0.304 e. The van der Waals surface area contributed by atoms with Crippen molar-refractivity contribution in [3.8, 4) is 6.07 Å². The van der Waals surface area contributed by atoms with Crippen LogP contribution in [0, 0.1) is 16.1 Å². The SMILES string of the molecule is N#Cc1ccc2[nH]c(=S)n(Cc3csc(=O)[nH]3)c2c1. The normalized spacial score (nSPS) is 10.7. The zero-order chi connectivity index (χ0) is 13.4. The molecule has 2 heterocycles. The van der Waals surface area contributed by atoms with E-state index in [-0.39, 0.29) is 4.87 Å². The van der Waals surface area contributed by atoms with Crippen LogP contribution in [0.3, 0.4) is 0 Å². The predicted molar refractivity (Wildman–Crippen MR) is 75.9 cm³/mol. The third kappa shape index (κ3) is 2.12. The number of hydrogen-bond donors (Lipinski definition) is 2. The van der Waals surface area contributed by atoms with Crippen molar-refractivity contribution in [2.45, 2.75) is 6.54 Å². The molecule has 2 N–H and O–H groups in total. The summed E-state index contributed by atoms with van der Waals surface area (Å²) in [6, 6.07) is 7.46. The molecular weight excluding hydrogens is 280 g/mol. The number of aromatic amines is 2. The van der Waals surface area contributed by atoms with Gasteiger partial charge in [0.1, 0.15) is 0 Å². The third-order valence-corrected chi connectivity index (χ3v) is 3.84. The molecule has 3 rings (SSSR count). The largest absolute Gasteiger partial charge is 0.331 e. The van der Waals surface area contributed by atoms with Gasteiger partial charge in [-0.05, 0) is 30.4 Å². The standard InChI is InChI=1S/C12H8N4OS2/c13-4-7-1-2-9-10(3-7)16(11(18)15-9)5-8-6-19-12(17)14-8/h1-3,6H,5H2,(H,14,17)(H,15,18). The number of hydrogen-bond acceptors (Lipinski definition) is 4. The number of nitriles is 1. The minimum Gasteiger partial charge on any atom is -0.331 e. The molecule has 1 aromatic carbocycles. The van der Waals surface area contributed by atoms with E-state index in [0.29, 0.717) is 16.9 Å². The number of benzene rings is 1. The van der Waals surface area contributed by atoms with E-state index in [1.54, 1.807) is 17.5 Å². The van der Waals surface area contributed by atoms with Gasteiger partial charge in [0.05, 0.1) is 29.2 Å². The molecule has 94 valence electrons. The molecule has 19 heavy (non-hydrogen) atoms. The maximum atomic E-state index is 11.1. The summed E-state index contributed by atoms with van der Waals surface area (Å²) in [6.07, 6.45) is 0. The number of thiazole rings is 1. The van der Waals surface area contributed by atoms with Gasteiger partial charge >= 0.3 is 4.87 Å².